The van der Waals surface area contributed by atoms with E-state index in [4.69, 9.17) is 5.02 Å². The summed E-state index contributed by atoms with van der Waals surface area (Å²) in [6, 6.07) is 8.41. The average Bonchev–Trinajstić information content (AvgIpc) is 2.39. The Balaban J connectivity index is 1.77. The molecule has 1 aliphatic rings. The fraction of sp³-hybridized carbons (Fsp3) is 0.600. The maximum absolute atomic E-state index is 8.99. The summed E-state index contributed by atoms with van der Waals surface area (Å²) in [5.74, 6) is 1.90. The van der Waals surface area contributed by atoms with Gasteiger partial charge in [0.25, 0.3) is 0 Å². The van der Waals surface area contributed by atoms with Crippen LogP contribution in [0.15, 0.2) is 24.3 Å². The molecule has 2 rings (SSSR count). The van der Waals surface area contributed by atoms with Gasteiger partial charge in [0.1, 0.15) is 0 Å². The molecule has 17 heavy (non-hydrogen) atoms. The van der Waals surface area contributed by atoms with E-state index in [1.807, 2.05) is 12.1 Å². The minimum atomic E-state index is 0.154. The molecule has 92 valence electrons. The van der Waals surface area contributed by atoms with Crippen molar-refractivity contribution in [3.05, 3.63) is 29.8 Å². The third kappa shape index (κ3) is 3.88. The molecule has 0 heterocycles. The highest BCUT2D eigenvalue weighted by molar-refractivity contribution is 6.45. The third-order valence-electron chi connectivity index (χ3n) is 4.18. The normalized spacial score (nSPS) is 24.6. The molecule has 0 amide bonds. The van der Waals surface area contributed by atoms with E-state index in [1.165, 1.54) is 44.1 Å². The van der Waals surface area contributed by atoms with E-state index in [9.17, 15) is 0 Å². The Morgan fingerprint density at radius 3 is 2.35 bits per heavy atom. The number of benzene rings is 1. The van der Waals surface area contributed by atoms with Crippen LogP contribution in [0.3, 0.4) is 0 Å². The smallest absolute Gasteiger partial charge is 0.304 e. The largest absolute Gasteiger partial charge is 0.449 e. The lowest BCUT2D eigenvalue weighted by Crippen LogP contribution is -2.14. The van der Waals surface area contributed by atoms with Crippen LogP contribution in [0.5, 0.6) is 0 Å². The predicted octanol–water partition coefficient (Wildman–Crippen LogP) is 2.41. The lowest BCUT2D eigenvalue weighted by molar-refractivity contribution is 0.278. The molecule has 0 atom stereocenters. The van der Waals surface area contributed by atoms with Crippen molar-refractivity contribution in [2.75, 3.05) is 0 Å². The van der Waals surface area contributed by atoms with Crippen molar-refractivity contribution in [2.24, 2.45) is 11.8 Å². The topological polar surface area (TPSA) is 20.2 Å². The summed E-state index contributed by atoms with van der Waals surface area (Å²) in [4.78, 5) is 0. The average molecular weight is 230 g/mol. The van der Waals surface area contributed by atoms with Crippen LogP contribution >= 0.6 is 0 Å². The van der Waals surface area contributed by atoms with Gasteiger partial charge < -0.3 is 5.02 Å². The first-order valence-electron chi connectivity index (χ1n) is 6.96. The van der Waals surface area contributed by atoms with Gasteiger partial charge in [-0.3, -0.25) is 0 Å². The first-order valence-corrected chi connectivity index (χ1v) is 6.96. The Morgan fingerprint density at radius 2 is 1.76 bits per heavy atom. The van der Waals surface area contributed by atoms with Crippen LogP contribution in [0.4, 0.5) is 0 Å². The Hall–Kier alpha value is -0.755. The number of aryl methyl sites for hydroxylation is 1. The number of rotatable bonds is 4. The highest BCUT2D eigenvalue weighted by Gasteiger charge is 2.17. The zero-order valence-corrected chi connectivity index (χ0v) is 10.9. The van der Waals surface area contributed by atoms with Crippen molar-refractivity contribution in [3.63, 3.8) is 0 Å². The van der Waals surface area contributed by atoms with E-state index in [1.54, 1.807) is 0 Å². The lowest BCUT2D eigenvalue weighted by Gasteiger charge is -2.26. The Bertz CT molecular complexity index is 325. The van der Waals surface area contributed by atoms with Crippen molar-refractivity contribution >= 4 is 12.9 Å². The summed E-state index contributed by atoms with van der Waals surface area (Å²) in [5.41, 5.74) is 2.43. The van der Waals surface area contributed by atoms with Gasteiger partial charge in [-0.2, -0.15) is 0 Å². The van der Waals surface area contributed by atoms with Crippen LogP contribution in [0.1, 0.15) is 44.6 Å². The van der Waals surface area contributed by atoms with Crippen LogP contribution in [-0.4, -0.2) is 12.5 Å². The summed E-state index contributed by atoms with van der Waals surface area (Å²) in [6.45, 7) is 2.38. The van der Waals surface area contributed by atoms with Crippen molar-refractivity contribution in [1.82, 2.24) is 0 Å². The minimum absolute atomic E-state index is 0.154. The van der Waals surface area contributed by atoms with Crippen LogP contribution < -0.4 is 5.46 Å². The molecule has 0 radical (unpaired) electrons. The summed E-state index contributed by atoms with van der Waals surface area (Å²) < 4.78 is 0. The maximum atomic E-state index is 8.99. The molecular weight excluding hydrogens is 207 g/mol. The van der Waals surface area contributed by atoms with Gasteiger partial charge in [0, 0.05) is 0 Å². The summed E-state index contributed by atoms with van der Waals surface area (Å²) in [5, 5.41) is 8.99. The molecule has 0 aromatic heterocycles. The fourth-order valence-corrected chi connectivity index (χ4v) is 2.80. The van der Waals surface area contributed by atoms with E-state index in [0.29, 0.717) is 0 Å². The fourth-order valence-electron chi connectivity index (χ4n) is 2.80. The van der Waals surface area contributed by atoms with Gasteiger partial charge in [-0.25, -0.2) is 0 Å². The molecular formula is C15H23BO. The second-order valence-electron chi connectivity index (χ2n) is 5.64. The van der Waals surface area contributed by atoms with Gasteiger partial charge in [-0.1, -0.05) is 62.3 Å². The van der Waals surface area contributed by atoms with Crippen molar-refractivity contribution in [2.45, 2.75) is 45.4 Å². The molecule has 1 nitrogen and oxygen atoms in total. The molecule has 1 aromatic rings. The van der Waals surface area contributed by atoms with E-state index in [-0.39, 0.29) is 7.48 Å². The Morgan fingerprint density at radius 1 is 1.12 bits per heavy atom. The Labute approximate surface area is 106 Å². The molecule has 0 saturated heterocycles. The van der Waals surface area contributed by atoms with Crippen LogP contribution in [0.25, 0.3) is 0 Å². The second-order valence-corrected chi connectivity index (χ2v) is 5.64. The summed E-state index contributed by atoms with van der Waals surface area (Å²) >= 11 is 0. The molecule has 1 aromatic carbocycles. The molecule has 1 saturated carbocycles. The van der Waals surface area contributed by atoms with Crippen LogP contribution in [0, 0.1) is 11.8 Å². The number of hydrogen-bond donors (Lipinski definition) is 1. The molecule has 2 heteroatoms. The van der Waals surface area contributed by atoms with Gasteiger partial charge in [0.2, 0.25) is 0 Å². The van der Waals surface area contributed by atoms with Gasteiger partial charge in [0.05, 0.1) is 0 Å². The third-order valence-corrected chi connectivity index (χ3v) is 4.18. The monoisotopic (exact) mass is 230 g/mol. The maximum Gasteiger partial charge on any atom is 0.304 e. The predicted molar refractivity (Wildman–Crippen MR) is 74.9 cm³/mol. The molecule has 1 N–H and O–H groups in total. The summed E-state index contributed by atoms with van der Waals surface area (Å²) in [7, 11) is 0.154. The molecule has 1 fully saturated rings. The molecule has 0 unspecified atom stereocenters. The lowest BCUT2D eigenvalue weighted by atomic mass is 9.80. The molecule has 0 aliphatic heterocycles. The first kappa shape index (κ1) is 12.7. The second kappa shape index (κ2) is 6.25. The van der Waals surface area contributed by atoms with Crippen molar-refractivity contribution in [1.29, 1.82) is 0 Å². The minimum Gasteiger partial charge on any atom is -0.449 e. The van der Waals surface area contributed by atoms with Crippen molar-refractivity contribution in [3.8, 4) is 0 Å². The van der Waals surface area contributed by atoms with Gasteiger partial charge in [-0.05, 0) is 30.2 Å². The molecule has 1 aliphatic carbocycles. The zero-order chi connectivity index (χ0) is 12.1. The molecule has 0 spiro atoms. The zero-order valence-electron chi connectivity index (χ0n) is 10.9. The van der Waals surface area contributed by atoms with Crippen LogP contribution in [0.2, 0.25) is 0 Å². The van der Waals surface area contributed by atoms with Gasteiger partial charge in [0.15, 0.2) is 0 Å². The van der Waals surface area contributed by atoms with Gasteiger partial charge in [-0.15, -0.1) is 0 Å². The van der Waals surface area contributed by atoms with Gasteiger partial charge >= 0.3 is 7.48 Å². The number of hydrogen-bond acceptors (Lipinski definition) is 1. The van der Waals surface area contributed by atoms with Crippen molar-refractivity contribution < 1.29 is 5.02 Å². The summed E-state index contributed by atoms with van der Waals surface area (Å²) in [6.07, 6.45) is 8.24. The quantitative estimate of drug-likeness (QED) is 0.787. The van der Waals surface area contributed by atoms with E-state index in [2.05, 4.69) is 19.1 Å². The standard InChI is InChI=1S/C15H23BO/c1-12-2-4-13(5-3-12)6-7-14-8-10-15(16-17)11-9-14/h8-13,16-17H,2-7H2,1H3. The SMILES string of the molecule is CC1CCC(CCc2ccc(BO)cc2)CC1. The Kier molecular flexibility index (Phi) is 4.67. The highest BCUT2D eigenvalue weighted by atomic mass is 16.2. The van der Waals surface area contributed by atoms with Crippen LogP contribution in [-0.2, 0) is 6.42 Å². The van der Waals surface area contributed by atoms with E-state index in [0.717, 1.165) is 17.3 Å². The highest BCUT2D eigenvalue weighted by Crippen LogP contribution is 2.31. The molecule has 0 bridgehead atoms. The van der Waals surface area contributed by atoms with E-state index < -0.39 is 0 Å². The van der Waals surface area contributed by atoms with E-state index >= 15 is 0 Å². The first-order chi connectivity index (χ1) is 8.28.